The van der Waals surface area contributed by atoms with Crippen LogP contribution in [0.3, 0.4) is 0 Å². The summed E-state index contributed by atoms with van der Waals surface area (Å²) in [6.45, 7) is 8.89. The van der Waals surface area contributed by atoms with E-state index in [2.05, 4.69) is 20.3 Å². The summed E-state index contributed by atoms with van der Waals surface area (Å²) in [4.78, 5) is 54.1. The molecule has 3 N–H and O–H groups in total. The molecule has 5 rings (SSSR count). The molecule has 0 radical (unpaired) electrons. The normalized spacial score (nSPS) is 17.2. The fourth-order valence-corrected chi connectivity index (χ4v) is 4.89. The standard InChI is InChI=1S/C28H32N6O3/c1-17-16-33(27(37)24-30-20-11-7-8-12-21(20)31-24)13-14-34(17)26(36)23(28(2,3)4)32-25(35)22-15-18-9-5-6-10-19(18)29-22/h5-12,15,17,23,29H,13-14,16H2,1-4H3,(H,30,31)(H,32,35)/t17?,23-/m1/s1. The lowest BCUT2D eigenvalue weighted by Gasteiger charge is -2.43. The molecular formula is C28H32N6O3. The number of hydrogen-bond donors (Lipinski definition) is 3. The SMILES string of the molecule is CC1CN(C(=O)c2nc3ccccc3[nH]2)CCN1C(=O)[C@@H](NC(=O)c1cc2ccccc2[nH]1)C(C)(C)C. The number of rotatable bonds is 4. The van der Waals surface area contributed by atoms with Crippen LogP contribution in [0.1, 0.15) is 48.8 Å². The Morgan fingerprint density at radius 1 is 1.00 bits per heavy atom. The second-order valence-corrected chi connectivity index (χ2v) is 10.8. The van der Waals surface area contributed by atoms with E-state index in [0.717, 1.165) is 21.9 Å². The maximum Gasteiger partial charge on any atom is 0.289 e. The fourth-order valence-electron chi connectivity index (χ4n) is 4.89. The Morgan fingerprint density at radius 2 is 1.70 bits per heavy atom. The molecule has 0 saturated carbocycles. The van der Waals surface area contributed by atoms with Crippen LogP contribution in [0.4, 0.5) is 0 Å². The average Bonchev–Trinajstić information content (AvgIpc) is 3.50. The van der Waals surface area contributed by atoms with Gasteiger partial charge in [0, 0.05) is 36.6 Å². The molecule has 1 aliphatic rings. The number of nitrogens with one attached hydrogen (secondary N) is 3. The molecule has 0 bridgehead atoms. The lowest BCUT2D eigenvalue weighted by Crippen LogP contribution is -2.62. The molecule has 0 aliphatic carbocycles. The number of imidazole rings is 1. The smallest absolute Gasteiger partial charge is 0.289 e. The van der Waals surface area contributed by atoms with Gasteiger partial charge in [0.1, 0.15) is 11.7 Å². The van der Waals surface area contributed by atoms with Gasteiger partial charge in [-0.3, -0.25) is 14.4 Å². The van der Waals surface area contributed by atoms with Crippen molar-refractivity contribution in [1.82, 2.24) is 30.1 Å². The molecule has 9 heteroatoms. The van der Waals surface area contributed by atoms with E-state index in [4.69, 9.17) is 0 Å². The Labute approximate surface area is 215 Å². The second-order valence-electron chi connectivity index (χ2n) is 10.8. The van der Waals surface area contributed by atoms with E-state index in [-0.39, 0.29) is 23.8 Å². The van der Waals surface area contributed by atoms with Gasteiger partial charge in [0.15, 0.2) is 5.82 Å². The number of nitrogens with zero attached hydrogens (tertiary/aromatic N) is 3. The molecule has 4 aromatic rings. The van der Waals surface area contributed by atoms with Crippen molar-refractivity contribution in [2.45, 2.75) is 39.8 Å². The van der Waals surface area contributed by atoms with Crippen LogP contribution in [0.15, 0.2) is 54.6 Å². The number of carbonyl (C=O) groups is 3. The Balaban J connectivity index is 1.29. The van der Waals surface area contributed by atoms with Crippen molar-refractivity contribution in [3.8, 4) is 0 Å². The number of carbonyl (C=O) groups excluding carboxylic acids is 3. The molecule has 3 amide bonds. The maximum atomic E-state index is 13.7. The van der Waals surface area contributed by atoms with Crippen LogP contribution in [-0.2, 0) is 4.79 Å². The first-order chi connectivity index (χ1) is 17.6. The highest BCUT2D eigenvalue weighted by atomic mass is 16.2. The van der Waals surface area contributed by atoms with E-state index >= 15 is 0 Å². The third kappa shape index (κ3) is 4.81. The van der Waals surface area contributed by atoms with Crippen LogP contribution in [0.2, 0.25) is 0 Å². The third-order valence-electron chi connectivity index (χ3n) is 6.95. The number of fused-ring (bicyclic) bond motifs is 2. The lowest BCUT2D eigenvalue weighted by atomic mass is 9.85. The zero-order chi connectivity index (χ0) is 26.3. The molecule has 2 aromatic carbocycles. The highest BCUT2D eigenvalue weighted by Crippen LogP contribution is 2.25. The minimum absolute atomic E-state index is 0.153. The van der Waals surface area contributed by atoms with Crippen LogP contribution >= 0.6 is 0 Å². The Hall–Kier alpha value is -4.14. The van der Waals surface area contributed by atoms with Gasteiger partial charge >= 0.3 is 0 Å². The summed E-state index contributed by atoms with van der Waals surface area (Å²) in [5.74, 6) is -0.364. The van der Waals surface area contributed by atoms with Gasteiger partial charge in [-0.1, -0.05) is 51.1 Å². The zero-order valence-electron chi connectivity index (χ0n) is 21.5. The van der Waals surface area contributed by atoms with Crippen LogP contribution in [-0.4, -0.2) is 74.2 Å². The molecule has 1 fully saturated rings. The molecule has 1 saturated heterocycles. The van der Waals surface area contributed by atoms with Gasteiger partial charge < -0.3 is 25.1 Å². The highest BCUT2D eigenvalue weighted by Gasteiger charge is 2.40. The van der Waals surface area contributed by atoms with Crippen molar-refractivity contribution in [2.24, 2.45) is 5.41 Å². The zero-order valence-corrected chi connectivity index (χ0v) is 21.5. The van der Waals surface area contributed by atoms with Crippen molar-refractivity contribution in [1.29, 1.82) is 0 Å². The van der Waals surface area contributed by atoms with E-state index in [1.54, 1.807) is 15.9 Å². The van der Waals surface area contributed by atoms with E-state index < -0.39 is 11.5 Å². The van der Waals surface area contributed by atoms with Gasteiger partial charge in [-0.25, -0.2) is 4.98 Å². The number of aromatic amines is 2. The van der Waals surface area contributed by atoms with Gasteiger partial charge in [-0.05, 0) is 36.6 Å². The van der Waals surface area contributed by atoms with E-state index in [0.29, 0.717) is 31.2 Å². The number of hydrogen-bond acceptors (Lipinski definition) is 4. The summed E-state index contributed by atoms with van der Waals surface area (Å²) in [6, 6.07) is 16.0. The predicted octanol–water partition coefficient (Wildman–Crippen LogP) is 3.56. The van der Waals surface area contributed by atoms with Crippen LogP contribution in [0.5, 0.6) is 0 Å². The minimum Gasteiger partial charge on any atom is -0.351 e. The average molecular weight is 501 g/mol. The van der Waals surface area contributed by atoms with Crippen molar-refractivity contribution in [2.75, 3.05) is 19.6 Å². The van der Waals surface area contributed by atoms with Gasteiger partial charge in [-0.2, -0.15) is 0 Å². The van der Waals surface area contributed by atoms with Gasteiger partial charge in [0.05, 0.1) is 11.0 Å². The first-order valence-electron chi connectivity index (χ1n) is 12.5. The molecule has 9 nitrogen and oxygen atoms in total. The third-order valence-corrected chi connectivity index (χ3v) is 6.95. The van der Waals surface area contributed by atoms with Crippen molar-refractivity contribution in [3.05, 3.63) is 66.1 Å². The summed E-state index contributed by atoms with van der Waals surface area (Å²) in [5, 5.41) is 3.90. The van der Waals surface area contributed by atoms with Crippen molar-refractivity contribution in [3.63, 3.8) is 0 Å². The monoisotopic (exact) mass is 500 g/mol. The van der Waals surface area contributed by atoms with Gasteiger partial charge in [0.2, 0.25) is 5.91 Å². The molecule has 0 spiro atoms. The molecule has 2 atom stereocenters. The van der Waals surface area contributed by atoms with Gasteiger partial charge in [0.25, 0.3) is 11.8 Å². The number of amides is 3. The molecule has 37 heavy (non-hydrogen) atoms. The first kappa shape index (κ1) is 24.5. The minimum atomic E-state index is -0.730. The number of benzene rings is 2. The van der Waals surface area contributed by atoms with Gasteiger partial charge in [-0.15, -0.1) is 0 Å². The topological polar surface area (TPSA) is 114 Å². The Morgan fingerprint density at radius 3 is 2.38 bits per heavy atom. The van der Waals surface area contributed by atoms with E-state index in [9.17, 15) is 14.4 Å². The van der Waals surface area contributed by atoms with Crippen LogP contribution in [0, 0.1) is 5.41 Å². The molecule has 2 aromatic heterocycles. The number of aromatic nitrogens is 3. The highest BCUT2D eigenvalue weighted by molar-refractivity contribution is 6.00. The molecule has 1 aliphatic heterocycles. The number of para-hydroxylation sites is 3. The number of H-pyrrole nitrogens is 2. The Bertz CT molecular complexity index is 1410. The van der Waals surface area contributed by atoms with Crippen LogP contribution in [0.25, 0.3) is 21.9 Å². The molecular weight excluding hydrogens is 468 g/mol. The maximum absolute atomic E-state index is 13.7. The predicted molar refractivity (Wildman–Crippen MR) is 142 cm³/mol. The van der Waals surface area contributed by atoms with E-state index in [1.807, 2.05) is 76.2 Å². The van der Waals surface area contributed by atoms with Crippen molar-refractivity contribution >= 4 is 39.7 Å². The summed E-state index contributed by atoms with van der Waals surface area (Å²) in [6.07, 6.45) is 0. The summed E-state index contributed by atoms with van der Waals surface area (Å²) in [5.41, 5.74) is 2.32. The first-order valence-corrected chi connectivity index (χ1v) is 12.5. The largest absolute Gasteiger partial charge is 0.351 e. The number of piperazine rings is 1. The summed E-state index contributed by atoms with van der Waals surface area (Å²) < 4.78 is 0. The molecule has 1 unspecified atom stereocenters. The quantitative estimate of drug-likeness (QED) is 0.397. The molecule has 3 heterocycles. The fraction of sp³-hybridized carbons (Fsp3) is 0.357. The lowest BCUT2D eigenvalue weighted by molar-refractivity contribution is -0.140. The van der Waals surface area contributed by atoms with Crippen LogP contribution < -0.4 is 5.32 Å². The summed E-state index contributed by atoms with van der Waals surface area (Å²) in [7, 11) is 0. The molecule has 192 valence electrons. The van der Waals surface area contributed by atoms with Crippen molar-refractivity contribution < 1.29 is 14.4 Å². The summed E-state index contributed by atoms with van der Waals surface area (Å²) >= 11 is 0. The van der Waals surface area contributed by atoms with E-state index in [1.165, 1.54) is 0 Å². The Kier molecular flexibility index (Phi) is 6.23. The second kappa shape index (κ2) is 9.38.